The summed E-state index contributed by atoms with van der Waals surface area (Å²) in [6.07, 6.45) is -0.0505. The maximum atomic E-state index is 11.2. The molecule has 6 nitrogen and oxygen atoms in total. The summed E-state index contributed by atoms with van der Waals surface area (Å²) >= 11 is 2.08. The van der Waals surface area contributed by atoms with Crippen molar-refractivity contribution in [3.63, 3.8) is 0 Å². The van der Waals surface area contributed by atoms with Gasteiger partial charge in [-0.25, -0.2) is 0 Å². The molecule has 0 saturated carbocycles. The van der Waals surface area contributed by atoms with Crippen LogP contribution in [0.25, 0.3) is 0 Å². The van der Waals surface area contributed by atoms with Crippen molar-refractivity contribution in [1.29, 1.82) is 0 Å². The summed E-state index contributed by atoms with van der Waals surface area (Å²) in [5.41, 5.74) is 0.786. The number of halogens is 1. The fraction of sp³-hybridized carbons (Fsp3) is 0.538. The number of nitrogens with zero attached hydrogens (tertiary/aromatic N) is 2. The minimum absolute atomic E-state index is 0.0165. The highest BCUT2D eigenvalue weighted by Crippen LogP contribution is 2.31. The average Bonchev–Trinajstić information content (AvgIpc) is 2.38. The molecule has 7 heteroatoms. The van der Waals surface area contributed by atoms with Gasteiger partial charge in [-0.05, 0) is 41.6 Å². The summed E-state index contributed by atoms with van der Waals surface area (Å²) in [6.45, 7) is 3.69. The second-order valence-electron chi connectivity index (χ2n) is 4.82. The SMILES string of the molecule is COCC1CN(c2ccc(I)cc2[N+](=O)[O-])CC(C)O1. The Hall–Kier alpha value is -0.930. The van der Waals surface area contributed by atoms with Crippen LogP contribution in [-0.4, -0.2) is 43.9 Å². The van der Waals surface area contributed by atoms with E-state index in [1.165, 1.54) is 0 Å². The number of hydrogen-bond acceptors (Lipinski definition) is 5. The summed E-state index contributed by atoms with van der Waals surface area (Å²) in [5.74, 6) is 0. The normalized spacial score (nSPS) is 22.9. The average molecular weight is 392 g/mol. The van der Waals surface area contributed by atoms with Crippen LogP contribution >= 0.6 is 22.6 Å². The largest absolute Gasteiger partial charge is 0.382 e. The van der Waals surface area contributed by atoms with Gasteiger partial charge in [-0.3, -0.25) is 10.1 Å². The van der Waals surface area contributed by atoms with Crippen LogP contribution in [0.15, 0.2) is 18.2 Å². The van der Waals surface area contributed by atoms with Crippen LogP contribution in [0.5, 0.6) is 0 Å². The van der Waals surface area contributed by atoms with Crippen LogP contribution in [0, 0.1) is 13.7 Å². The van der Waals surface area contributed by atoms with Crippen LogP contribution in [-0.2, 0) is 9.47 Å². The number of anilines is 1. The molecule has 2 rings (SSSR count). The highest BCUT2D eigenvalue weighted by molar-refractivity contribution is 14.1. The summed E-state index contributed by atoms with van der Waals surface area (Å²) in [6, 6.07) is 5.29. The summed E-state index contributed by atoms with van der Waals surface area (Å²) in [7, 11) is 1.63. The van der Waals surface area contributed by atoms with E-state index in [2.05, 4.69) is 22.6 Å². The molecule has 1 saturated heterocycles. The molecule has 0 aliphatic carbocycles. The Morgan fingerprint density at radius 3 is 2.95 bits per heavy atom. The third-order valence-corrected chi connectivity index (χ3v) is 3.82. The minimum atomic E-state index is -0.330. The number of rotatable bonds is 4. The van der Waals surface area contributed by atoms with Crippen LogP contribution in [0.2, 0.25) is 0 Å². The topological polar surface area (TPSA) is 64.8 Å². The van der Waals surface area contributed by atoms with E-state index in [-0.39, 0.29) is 22.8 Å². The lowest BCUT2D eigenvalue weighted by atomic mass is 10.1. The first-order valence-electron chi connectivity index (χ1n) is 6.34. The van der Waals surface area contributed by atoms with E-state index in [9.17, 15) is 10.1 Å². The Balaban J connectivity index is 2.28. The van der Waals surface area contributed by atoms with Crippen LogP contribution in [0.4, 0.5) is 11.4 Å². The van der Waals surface area contributed by atoms with Gasteiger partial charge in [0.25, 0.3) is 5.69 Å². The van der Waals surface area contributed by atoms with E-state index >= 15 is 0 Å². The molecule has 2 atom stereocenters. The molecule has 0 radical (unpaired) electrons. The number of nitro groups is 1. The van der Waals surface area contributed by atoms with Gasteiger partial charge in [-0.15, -0.1) is 0 Å². The first-order valence-corrected chi connectivity index (χ1v) is 7.42. The summed E-state index contributed by atoms with van der Waals surface area (Å²) in [5, 5.41) is 11.2. The maximum Gasteiger partial charge on any atom is 0.293 e. The van der Waals surface area contributed by atoms with Crippen LogP contribution in [0.1, 0.15) is 6.92 Å². The number of nitro benzene ring substituents is 1. The number of ether oxygens (including phenoxy) is 2. The molecule has 0 N–H and O–H groups in total. The van der Waals surface area contributed by atoms with Gasteiger partial charge in [0.1, 0.15) is 5.69 Å². The molecule has 1 aromatic carbocycles. The summed E-state index contributed by atoms with van der Waals surface area (Å²) in [4.78, 5) is 12.9. The standard InChI is InChI=1S/C13H17IN2O4/c1-9-6-15(7-11(20-9)8-19-2)12-4-3-10(14)5-13(12)16(17)18/h3-5,9,11H,6-8H2,1-2H3. The van der Waals surface area contributed by atoms with Crippen molar-refractivity contribution in [1.82, 2.24) is 0 Å². The monoisotopic (exact) mass is 392 g/mol. The molecule has 0 spiro atoms. The van der Waals surface area contributed by atoms with E-state index in [0.717, 1.165) is 3.57 Å². The zero-order chi connectivity index (χ0) is 14.7. The molecule has 2 unspecified atom stereocenters. The number of benzene rings is 1. The Bertz CT molecular complexity index is 497. The predicted molar refractivity (Wildman–Crippen MR) is 84.2 cm³/mol. The fourth-order valence-electron chi connectivity index (χ4n) is 2.43. The van der Waals surface area contributed by atoms with Crippen LogP contribution in [0.3, 0.4) is 0 Å². The van der Waals surface area contributed by atoms with E-state index in [1.807, 2.05) is 24.0 Å². The number of hydrogen-bond donors (Lipinski definition) is 0. The van der Waals surface area contributed by atoms with E-state index in [0.29, 0.717) is 25.4 Å². The van der Waals surface area contributed by atoms with Gasteiger partial charge in [0.05, 0.1) is 23.7 Å². The Morgan fingerprint density at radius 2 is 2.30 bits per heavy atom. The first kappa shape index (κ1) is 15.5. The first-order chi connectivity index (χ1) is 9.51. The Labute approximate surface area is 131 Å². The van der Waals surface area contributed by atoms with Gasteiger partial charge < -0.3 is 14.4 Å². The zero-order valence-electron chi connectivity index (χ0n) is 11.4. The molecule has 20 heavy (non-hydrogen) atoms. The molecule has 1 fully saturated rings. The van der Waals surface area contributed by atoms with Gasteiger partial charge in [-0.1, -0.05) is 0 Å². The van der Waals surface area contributed by atoms with Crippen molar-refractivity contribution >= 4 is 34.0 Å². The molecule has 0 amide bonds. The van der Waals surface area contributed by atoms with E-state index in [4.69, 9.17) is 9.47 Å². The van der Waals surface area contributed by atoms with Crippen molar-refractivity contribution in [3.8, 4) is 0 Å². The highest BCUT2D eigenvalue weighted by Gasteiger charge is 2.29. The Morgan fingerprint density at radius 1 is 1.55 bits per heavy atom. The van der Waals surface area contributed by atoms with Crippen molar-refractivity contribution in [3.05, 3.63) is 31.9 Å². The predicted octanol–water partition coefficient (Wildman–Crippen LogP) is 2.44. The molecule has 1 heterocycles. The lowest BCUT2D eigenvalue weighted by Gasteiger charge is -2.37. The van der Waals surface area contributed by atoms with Gasteiger partial charge >= 0.3 is 0 Å². The third-order valence-electron chi connectivity index (χ3n) is 3.15. The van der Waals surface area contributed by atoms with Gasteiger partial charge in [-0.2, -0.15) is 0 Å². The molecular formula is C13H17IN2O4. The van der Waals surface area contributed by atoms with Gasteiger partial charge in [0.15, 0.2) is 0 Å². The highest BCUT2D eigenvalue weighted by atomic mass is 127. The third kappa shape index (κ3) is 3.58. The van der Waals surface area contributed by atoms with Crippen molar-refractivity contribution < 1.29 is 14.4 Å². The molecule has 1 aromatic rings. The minimum Gasteiger partial charge on any atom is -0.382 e. The van der Waals surface area contributed by atoms with E-state index in [1.54, 1.807) is 13.2 Å². The van der Waals surface area contributed by atoms with E-state index < -0.39 is 0 Å². The number of methoxy groups -OCH3 is 1. The Kier molecular flexibility index (Phi) is 5.17. The van der Waals surface area contributed by atoms with Crippen molar-refractivity contribution in [2.45, 2.75) is 19.1 Å². The van der Waals surface area contributed by atoms with Crippen LogP contribution < -0.4 is 4.90 Å². The molecular weight excluding hydrogens is 375 g/mol. The zero-order valence-corrected chi connectivity index (χ0v) is 13.6. The second-order valence-corrected chi connectivity index (χ2v) is 6.06. The smallest absolute Gasteiger partial charge is 0.293 e. The molecule has 0 bridgehead atoms. The lowest BCUT2D eigenvalue weighted by Crippen LogP contribution is -2.48. The quantitative estimate of drug-likeness (QED) is 0.448. The van der Waals surface area contributed by atoms with Gasteiger partial charge in [0.2, 0.25) is 0 Å². The fourth-order valence-corrected chi connectivity index (χ4v) is 2.90. The second kappa shape index (κ2) is 6.68. The lowest BCUT2D eigenvalue weighted by molar-refractivity contribution is -0.384. The maximum absolute atomic E-state index is 11.2. The van der Waals surface area contributed by atoms with Gasteiger partial charge in [0, 0.05) is 29.8 Å². The number of morpholine rings is 1. The molecule has 0 aromatic heterocycles. The molecule has 110 valence electrons. The summed E-state index contributed by atoms with van der Waals surface area (Å²) < 4.78 is 11.7. The molecule has 1 aliphatic heterocycles. The molecule has 1 aliphatic rings. The van der Waals surface area contributed by atoms with Crippen molar-refractivity contribution in [2.24, 2.45) is 0 Å². The van der Waals surface area contributed by atoms with Crippen molar-refractivity contribution in [2.75, 3.05) is 31.7 Å².